The molecule has 0 bridgehead atoms. The Balaban J connectivity index is 0.00000306. The number of halogens is 3. The summed E-state index contributed by atoms with van der Waals surface area (Å²) in [7, 11) is 0. The molecular weight excluding hydrogens is 596 g/mol. The van der Waals surface area contributed by atoms with Crippen molar-refractivity contribution in [2.75, 3.05) is 26.2 Å². The minimum absolute atomic E-state index is 0. The third-order valence-corrected chi connectivity index (χ3v) is 6.87. The van der Waals surface area contributed by atoms with Gasteiger partial charge >= 0.3 is 0 Å². The summed E-state index contributed by atoms with van der Waals surface area (Å²) in [5.74, 6) is 0.299. The molecule has 0 aliphatic heterocycles. The van der Waals surface area contributed by atoms with Crippen molar-refractivity contribution in [3.05, 3.63) is 52.0 Å². The maximum Gasteiger partial charge on any atom is 0.160 e. The number of nitrogens with one attached hydrogen (secondary N) is 1. The average molecular weight is 637 g/mol. The number of nitrogens with zero attached hydrogens (tertiary/aromatic N) is 1. The first kappa shape index (κ1) is 32.0. The molecule has 0 heterocycles. The van der Waals surface area contributed by atoms with Crippen LogP contribution in [-0.4, -0.2) is 52.4 Å². The smallest absolute Gasteiger partial charge is 0.160 e. The van der Waals surface area contributed by atoms with Crippen LogP contribution < -0.4 is 5.32 Å². The zero-order valence-corrected chi connectivity index (χ0v) is 24.8. The van der Waals surface area contributed by atoms with Crippen LogP contribution in [0.3, 0.4) is 0 Å². The highest BCUT2D eigenvalue weighted by atomic mass is 79.9. The van der Waals surface area contributed by atoms with Gasteiger partial charge in [-0.2, -0.15) is 0 Å². The minimum Gasteiger partial charge on any atom is -0.508 e. The summed E-state index contributed by atoms with van der Waals surface area (Å²) in [4.78, 5) is 2.63. The van der Waals surface area contributed by atoms with Gasteiger partial charge in [-0.25, -0.2) is 0 Å². The summed E-state index contributed by atoms with van der Waals surface area (Å²) >= 11 is 5.98. The van der Waals surface area contributed by atoms with E-state index in [0.29, 0.717) is 11.1 Å². The molecule has 0 fully saturated rings. The predicted octanol–water partition coefficient (Wildman–Crippen LogP) is 6.57. The summed E-state index contributed by atoms with van der Waals surface area (Å²) in [6.45, 7) is 6.39. The van der Waals surface area contributed by atoms with Gasteiger partial charge in [0.15, 0.2) is 11.5 Å². The van der Waals surface area contributed by atoms with E-state index in [1.165, 1.54) is 31.2 Å². The molecule has 1 atom stereocenters. The van der Waals surface area contributed by atoms with Gasteiger partial charge in [0.25, 0.3) is 0 Å². The standard InChI is InChI=1S/C27H39ClN2O3.2BrH/c1-2-14-30(23-8-9-25-21(18-23)7-10-26(32)27(25)33)15-6-4-3-5-12-29-13-11-20-16-22(28)19-24(31)17-20;;/h7,10,16-17,19,23,29,31-33H,2-6,8-9,11-15,18H2,1H3;2*1H/t23-;;/m0../s1. The summed E-state index contributed by atoms with van der Waals surface area (Å²) < 4.78 is 0. The van der Waals surface area contributed by atoms with Crippen molar-refractivity contribution in [2.45, 2.75) is 70.8 Å². The lowest BCUT2D eigenvalue weighted by Crippen LogP contribution is -2.40. The highest BCUT2D eigenvalue weighted by Gasteiger charge is 2.26. The summed E-state index contributed by atoms with van der Waals surface area (Å²) in [6.07, 6.45) is 9.70. The molecule has 8 heteroatoms. The van der Waals surface area contributed by atoms with Crippen molar-refractivity contribution in [1.82, 2.24) is 10.2 Å². The Morgan fingerprint density at radius 2 is 1.74 bits per heavy atom. The molecule has 0 saturated carbocycles. The number of aromatic hydroxyl groups is 3. The van der Waals surface area contributed by atoms with E-state index in [4.69, 9.17) is 11.6 Å². The predicted molar refractivity (Wildman–Crippen MR) is 156 cm³/mol. The van der Waals surface area contributed by atoms with Crippen LogP contribution in [0.1, 0.15) is 62.1 Å². The fourth-order valence-corrected chi connectivity index (χ4v) is 5.18. The van der Waals surface area contributed by atoms with Crippen molar-refractivity contribution >= 4 is 45.6 Å². The van der Waals surface area contributed by atoms with Crippen LogP contribution in [-0.2, 0) is 19.3 Å². The third kappa shape index (κ3) is 10.1. The Kier molecular flexibility index (Phi) is 15.3. The maximum atomic E-state index is 10.1. The van der Waals surface area contributed by atoms with E-state index < -0.39 is 0 Å². The zero-order chi connectivity index (χ0) is 23.6. The minimum atomic E-state index is -0.00383. The van der Waals surface area contributed by atoms with Crippen LogP contribution in [0.4, 0.5) is 0 Å². The molecule has 198 valence electrons. The first-order valence-electron chi connectivity index (χ1n) is 12.4. The second-order valence-electron chi connectivity index (χ2n) is 9.24. The molecular formula is C27H41Br2ClN2O3. The van der Waals surface area contributed by atoms with Crippen LogP contribution in [0.5, 0.6) is 17.2 Å². The summed E-state index contributed by atoms with van der Waals surface area (Å²) in [5.41, 5.74) is 3.17. The van der Waals surface area contributed by atoms with Crippen LogP contribution in [0, 0.1) is 0 Å². The van der Waals surface area contributed by atoms with Crippen molar-refractivity contribution in [3.63, 3.8) is 0 Å². The van der Waals surface area contributed by atoms with Gasteiger partial charge in [0.05, 0.1) is 0 Å². The molecule has 0 radical (unpaired) electrons. The van der Waals surface area contributed by atoms with E-state index in [1.807, 2.05) is 12.1 Å². The molecule has 0 amide bonds. The second-order valence-corrected chi connectivity index (χ2v) is 9.67. The number of hydrogen-bond donors (Lipinski definition) is 4. The van der Waals surface area contributed by atoms with Gasteiger partial charge in [0.2, 0.25) is 0 Å². The summed E-state index contributed by atoms with van der Waals surface area (Å²) in [5, 5.41) is 33.6. The monoisotopic (exact) mass is 634 g/mol. The molecule has 0 saturated heterocycles. The van der Waals surface area contributed by atoms with E-state index in [0.717, 1.165) is 69.4 Å². The van der Waals surface area contributed by atoms with E-state index in [-0.39, 0.29) is 51.2 Å². The van der Waals surface area contributed by atoms with Gasteiger partial charge in [0.1, 0.15) is 5.75 Å². The Morgan fingerprint density at radius 3 is 2.49 bits per heavy atom. The van der Waals surface area contributed by atoms with E-state index >= 15 is 0 Å². The van der Waals surface area contributed by atoms with Gasteiger partial charge in [-0.05, 0) is 107 Å². The van der Waals surface area contributed by atoms with Gasteiger partial charge in [-0.15, -0.1) is 34.0 Å². The van der Waals surface area contributed by atoms with Gasteiger partial charge < -0.3 is 25.5 Å². The Bertz CT molecular complexity index is 881. The van der Waals surface area contributed by atoms with Crippen LogP contribution in [0.15, 0.2) is 30.3 Å². The van der Waals surface area contributed by atoms with Crippen LogP contribution in [0.2, 0.25) is 5.02 Å². The topological polar surface area (TPSA) is 76.0 Å². The molecule has 2 aromatic rings. The first-order valence-corrected chi connectivity index (χ1v) is 12.8. The maximum absolute atomic E-state index is 10.1. The molecule has 1 aliphatic carbocycles. The molecule has 3 rings (SSSR count). The number of phenols is 3. The number of benzene rings is 2. The Hall–Kier alpha value is -0.990. The van der Waals surface area contributed by atoms with Crippen LogP contribution in [0.25, 0.3) is 0 Å². The largest absolute Gasteiger partial charge is 0.508 e. The number of rotatable bonds is 13. The van der Waals surface area contributed by atoms with E-state index in [9.17, 15) is 15.3 Å². The Labute approximate surface area is 236 Å². The quantitative estimate of drug-likeness (QED) is 0.148. The highest BCUT2D eigenvalue weighted by Crippen LogP contribution is 2.36. The fraction of sp³-hybridized carbons (Fsp3) is 0.556. The third-order valence-electron chi connectivity index (χ3n) is 6.65. The van der Waals surface area contributed by atoms with Crippen molar-refractivity contribution in [3.8, 4) is 17.2 Å². The number of phenolic OH excluding ortho intramolecular Hbond substituents is 3. The van der Waals surface area contributed by atoms with E-state index in [2.05, 4.69) is 17.1 Å². The van der Waals surface area contributed by atoms with Crippen molar-refractivity contribution in [2.24, 2.45) is 0 Å². The zero-order valence-electron chi connectivity index (χ0n) is 20.6. The molecule has 1 aliphatic rings. The fourth-order valence-electron chi connectivity index (χ4n) is 4.93. The van der Waals surface area contributed by atoms with Gasteiger partial charge in [-0.1, -0.05) is 37.4 Å². The SMILES string of the molecule is Br.Br.CCCN(CCCCCCNCCc1cc(O)cc(Cl)c1)[C@H]1CCc2c(ccc(O)c2O)C1. The second kappa shape index (κ2) is 16.7. The lowest BCUT2D eigenvalue weighted by molar-refractivity contribution is 0.175. The molecule has 5 nitrogen and oxygen atoms in total. The van der Waals surface area contributed by atoms with Gasteiger partial charge in [0, 0.05) is 16.6 Å². The van der Waals surface area contributed by atoms with E-state index in [1.54, 1.807) is 18.2 Å². The number of fused-ring (bicyclic) bond motifs is 1. The normalized spacial score (nSPS) is 14.8. The highest BCUT2D eigenvalue weighted by molar-refractivity contribution is 8.93. The Morgan fingerprint density at radius 1 is 0.971 bits per heavy atom. The molecule has 35 heavy (non-hydrogen) atoms. The number of unbranched alkanes of at least 4 members (excludes halogenated alkanes) is 3. The molecule has 4 N–H and O–H groups in total. The lowest BCUT2D eigenvalue weighted by Gasteiger charge is -2.35. The lowest BCUT2D eigenvalue weighted by atomic mass is 9.86. The summed E-state index contributed by atoms with van der Waals surface area (Å²) in [6, 6.07) is 9.35. The molecule has 2 aromatic carbocycles. The first-order chi connectivity index (χ1) is 16.0. The average Bonchev–Trinajstić information content (AvgIpc) is 2.79. The van der Waals surface area contributed by atoms with Crippen molar-refractivity contribution < 1.29 is 15.3 Å². The molecule has 0 unspecified atom stereocenters. The molecule has 0 aromatic heterocycles. The van der Waals surface area contributed by atoms with Crippen LogP contribution >= 0.6 is 45.6 Å². The van der Waals surface area contributed by atoms with Gasteiger partial charge in [-0.3, -0.25) is 0 Å². The number of hydrogen-bond acceptors (Lipinski definition) is 5. The van der Waals surface area contributed by atoms with Crippen molar-refractivity contribution in [1.29, 1.82) is 0 Å². The molecule has 0 spiro atoms.